The van der Waals surface area contributed by atoms with Gasteiger partial charge >= 0.3 is 0 Å². The maximum Gasteiger partial charge on any atom is 0.135 e. The summed E-state index contributed by atoms with van der Waals surface area (Å²) in [5.74, 6) is 0.791. The Bertz CT molecular complexity index is 232. The fourth-order valence-corrected chi connectivity index (χ4v) is 1.26. The summed E-state index contributed by atoms with van der Waals surface area (Å²) in [6, 6.07) is 0. The zero-order valence-electron chi connectivity index (χ0n) is 6.55. The second kappa shape index (κ2) is 3.94. The molecule has 62 valence electrons. The number of hydrogen-bond donors (Lipinski definition) is 1. The third kappa shape index (κ3) is 2.08. The van der Waals surface area contributed by atoms with Gasteiger partial charge in [-0.25, -0.2) is 4.68 Å². The molecule has 0 bridgehead atoms. The van der Waals surface area contributed by atoms with Crippen molar-refractivity contribution in [2.75, 3.05) is 5.73 Å². The Hall–Kier alpha value is -0.260. The first-order valence-electron chi connectivity index (χ1n) is 3.72. The van der Waals surface area contributed by atoms with Crippen LogP contribution < -0.4 is 5.73 Å². The molecule has 1 heterocycles. The SMILES string of the molecule is CCCCn1ncc(I)c1N. The van der Waals surface area contributed by atoms with Gasteiger partial charge in [0.2, 0.25) is 0 Å². The van der Waals surface area contributed by atoms with E-state index in [1.807, 2.05) is 4.68 Å². The van der Waals surface area contributed by atoms with Gasteiger partial charge in [-0.05, 0) is 29.0 Å². The molecule has 0 amide bonds. The molecule has 2 N–H and O–H groups in total. The van der Waals surface area contributed by atoms with Crippen molar-refractivity contribution in [2.45, 2.75) is 26.3 Å². The van der Waals surface area contributed by atoms with Crippen LogP contribution in [0.25, 0.3) is 0 Å². The van der Waals surface area contributed by atoms with Gasteiger partial charge in [-0.1, -0.05) is 13.3 Å². The quantitative estimate of drug-likeness (QED) is 0.848. The molecule has 0 unspecified atom stereocenters. The van der Waals surface area contributed by atoms with Crippen LogP contribution in [0.1, 0.15) is 19.8 Å². The number of nitrogens with zero attached hydrogens (tertiary/aromatic N) is 2. The summed E-state index contributed by atoms with van der Waals surface area (Å²) in [7, 11) is 0. The van der Waals surface area contributed by atoms with Crippen molar-refractivity contribution < 1.29 is 0 Å². The van der Waals surface area contributed by atoms with Crippen molar-refractivity contribution in [3.63, 3.8) is 0 Å². The van der Waals surface area contributed by atoms with Crippen molar-refractivity contribution in [3.05, 3.63) is 9.77 Å². The summed E-state index contributed by atoms with van der Waals surface area (Å²) in [6.45, 7) is 3.09. The van der Waals surface area contributed by atoms with Crippen LogP contribution in [0.2, 0.25) is 0 Å². The molecule has 0 aromatic carbocycles. The first-order chi connectivity index (χ1) is 5.25. The average molecular weight is 265 g/mol. The number of nitrogens with two attached hydrogens (primary N) is 1. The Morgan fingerprint density at radius 2 is 2.45 bits per heavy atom. The minimum atomic E-state index is 0.791. The summed E-state index contributed by atoms with van der Waals surface area (Å²) in [4.78, 5) is 0. The summed E-state index contributed by atoms with van der Waals surface area (Å²) in [6.07, 6.45) is 4.11. The highest BCUT2D eigenvalue weighted by molar-refractivity contribution is 14.1. The van der Waals surface area contributed by atoms with Crippen LogP contribution in [-0.4, -0.2) is 9.78 Å². The zero-order chi connectivity index (χ0) is 8.27. The van der Waals surface area contributed by atoms with Gasteiger partial charge in [0.05, 0.1) is 9.77 Å². The number of unbranched alkanes of at least 4 members (excludes halogenated alkanes) is 1. The number of rotatable bonds is 3. The summed E-state index contributed by atoms with van der Waals surface area (Å²) < 4.78 is 2.89. The van der Waals surface area contributed by atoms with Crippen LogP contribution in [0.5, 0.6) is 0 Å². The molecular weight excluding hydrogens is 253 g/mol. The number of aryl methyl sites for hydroxylation is 1. The van der Waals surface area contributed by atoms with Crippen LogP contribution in [0, 0.1) is 3.57 Å². The highest BCUT2D eigenvalue weighted by Gasteiger charge is 2.01. The Morgan fingerprint density at radius 1 is 1.73 bits per heavy atom. The van der Waals surface area contributed by atoms with Gasteiger partial charge in [0.25, 0.3) is 0 Å². The molecule has 0 spiro atoms. The number of hydrogen-bond acceptors (Lipinski definition) is 2. The van der Waals surface area contributed by atoms with E-state index in [0.29, 0.717) is 0 Å². The van der Waals surface area contributed by atoms with Gasteiger partial charge in [0, 0.05) is 6.54 Å². The molecule has 0 aliphatic rings. The van der Waals surface area contributed by atoms with Crippen LogP contribution in [0.3, 0.4) is 0 Å². The van der Waals surface area contributed by atoms with E-state index in [0.717, 1.165) is 22.4 Å². The van der Waals surface area contributed by atoms with Crippen molar-refractivity contribution in [3.8, 4) is 0 Å². The standard InChI is InChI=1S/C7H12IN3/c1-2-3-4-11-7(9)6(8)5-10-11/h5H,2-4,9H2,1H3. The highest BCUT2D eigenvalue weighted by Crippen LogP contribution is 2.13. The highest BCUT2D eigenvalue weighted by atomic mass is 127. The molecule has 0 fully saturated rings. The molecule has 1 aromatic heterocycles. The minimum Gasteiger partial charge on any atom is -0.383 e. The van der Waals surface area contributed by atoms with E-state index in [1.165, 1.54) is 6.42 Å². The molecular formula is C7H12IN3. The van der Waals surface area contributed by atoms with Crippen LogP contribution in [0.4, 0.5) is 5.82 Å². The molecule has 3 nitrogen and oxygen atoms in total. The van der Waals surface area contributed by atoms with E-state index in [-0.39, 0.29) is 0 Å². The van der Waals surface area contributed by atoms with E-state index in [9.17, 15) is 0 Å². The molecule has 4 heteroatoms. The monoisotopic (exact) mass is 265 g/mol. The van der Waals surface area contributed by atoms with E-state index in [2.05, 4.69) is 34.6 Å². The molecule has 1 aromatic rings. The summed E-state index contributed by atoms with van der Waals surface area (Å²) >= 11 is 2.19. The second-order valence-corrected chi connectivity index (χ2v) is 3.62. The third-order valence-corrected chi connectivity index (χ3v) is 2.39. The summed E-state index contributed by atoms with van der Waals surface area (Å²) in [5, 5.41) is 4.14. The van der Waals surface area contributed by atoms with Crippen molar-refractivity contribution in [1.82, 2.24) is 9.78 Å². The van der Waals surface area contributed by atoms with Gasteiger partial charge in [0.1, 0.15) is 5.82 Å². The lowest BCUT2D eigenvalue weighted by Gasteiger charge is -2.01. The molecule has 0 saturated carbocycles. The smallest absolute Gasteiger partial charge is 0.135 e. The third-order valence-electron chi connectivity index (χ3n) is 1.56. The normalized spacial score (nSPS) is 10.4. The lowest BCUT2D eigenvalue weighted by molar-refractivity contribution is 0.579. The zero-order valence-corrected chi connectivity index (χ0v) is 8.71. The predicted octanol–water partition coefficient (Wildman–Crippen LogP) is 1.87. The van der Waals surface area contributed by atoms with Crippen LogP contribution in [-0.2, 0) is 6.54 Å². The van der Waals surface area contributed by atoms with Gasteiger partial charge in [-0.2, -0.15) is 5.10 Å². The van der Waals surface area contributed by atoms with Crippen molar-refractivity contribution >= 4 is 28.4 Å². The molecule has 0 aliphatic carbocycles. The first kappa shape index (κ1) is 8.83. The second-order valence-electron chi connectivity index (χ2n) is 2.45. The number of halogens is 1. The maximum atomic E-state index is 5.74. The molecule has 0 saturated heterocycles. The predicted molar refractivity (Wildman–Crippen MR) is 54.3 cm³/mol. The number of anilines is 1. The molecule has 0 radical (unpaired) electrons. The van der Waals surface area contributed by atoms with Crippen molar-refractivity contribution in [1.29, 1.82) is 0 Å². The first-order valence-corrected chi connectivity index (χ1v) is 4.80. The van der Waals surface area contributed by atoms with Crippen LogP contribution in [0.15, 0.2) is 6.20 Å². The van der Waals surface area contributed by atoms with E-state index >= 15 is 0 Å². The molecule has 0 aliphatic heterocycles. The van der Waals surface area contributed by atoms with Gasteiger partial charge in [0.15, 0.2) is 0 Å². The number of aromatic nitrogens is 2. The Balaban J connectivity index is 2.63. The minimum absolute atomic E-state index is 0.791. The van der Waals surface area contributed by atoms with Crippen LogP contribution >= 0.6 is 22.6 Å². The van der Waals surface area contributed by atoms with Gasteiger partial charge in [-0.3, -0.25) is 0 Å². The van der Waals surface area contributed by atoms with E-state index < -0.39 is 0 Å². The molecule has 11 heavy (non-hydrogen) atoms. The van der Waals surface area contributed by atoms with E-state index in [4.69, 9.17) is 5.73 Å². The number of nitrogen functional groups attached to an aromatic ring is 1. The fourth-order valence-electron chi connectivity index (χ4n) is 0.858. The Labute approximate surface area is 80.1 Å². The molecule has 1 rings (SSSR count). The topological polar surface area (TPSA) is 43.8 Å². The Kier molecular flexibility index (Phi) is 3.16. The lowest BCUT2D eigenvalue weighted by Crippen LogP contribution is -2.04. The summed E-state index contributed by atoms with van der Waals surface area (Å²) in [5.41, 5.74) is 5.74. The lowest BCUT2D eigenvalue weighted by atomic mass is 10.3. The fraction of sp³-hybridized carbons (Fsp3) is 0.571. The Morgan fingerprint density at radius 3 is 2.91 bits per heavy atom. The largest absolute Gasteiger partial charge is 0.383 e. The maximum absolute atomic E-state index is 5.74. The van der Waals surface area contributed by atoms with Gasteiger partial charge < -0.3 is 5.73 Å². The average Bonchev–Trinajstić information content (AvgIpc) is 2.31. The van der Waals surface area contributed by atoms with E-state index in [1.54, 1.807) is 6.20 Å². The van der Waals surface area contributed by atoms with Gasteiger partial charge in [-0.15, -0.1) is 0 Å². The van der Waals surface area contributed by atoms with Crippen molar-refractivity contribution in [2.24, 2.45) is 0 Å². The molecule has 0 atom stereocenters.